The van der Waals surface area contributed by atoms with Gasteiger partial charge in [-0.1, -0.05) is 12.1 Å². The molecular weight excluding hydrogens is 324 g/mol. The quantitative estimate of drug-likeness (QED) is 0.798. The third kappa shape index (κ3) is 4.49. The minimum absolute atomic E-state index is 0.0449. The number of rotatable bonds is 7. The predicted molar refractivity (Wildman–Crippen MR) is 97.2 cm³/mol. The third-order valence-electron chi connectivity index (χ3n) is 4.15. The van der Waals surface area contributed by atoms with Crippen LogP contribution >= 0.6 is 11.8 Å². The van der Waals surface area contributed by atoms with Crippen molar-refractivity contribution in [2.24, 2.45) is 0 Å². The average Bonchev–Trinajstić information content (AvgIpc) is 3.03. The SMILES string of the molecule is CSCC[C@H](NC(=O)CN1CCOCC1)c1nc2ccccc2[nH]1. The van der Waals surface area contributed by atoms with E-state index in [2.05, 4.69) is 26.4 Å². The summed E-state index contributed by atoms with van der Waals surface area (Å²) in [6.07, 6.45) is 2.93. The van der Waals surface area contributed by atoms with Gasteiger partial charge in [-0.3, -0.25) is 9.69 Å². The van der Waals surface area contributed by atoms with E-state index in [0.29, 0.717) is 19.8 Å². The summed E-state index contributed by atoms with van der Waals surface area (Å²) in [5.74, 6) is 1.85. The van der Waals surface area contributed by atoms with Gasteiger partial charge < -0.3 is 15.0 Å². The Morgan fingerprint density at radius 2 is 2.21 bits per heavy atom. The summed E-state index contributed by atoms with van der Waals surface area (Å²) < 4.78 is 5.33. The monoisotopic (exact) mass is 348 g/mol. The summed E-state index contributed by atoms with van der Waals surface area (Å²) in [5, 5.41) is 3.15. The van der Waals surface area contributed by atoms with Crippen molar-refractivity contribution in [1.82, 2.24) is 20.2 Å². The molecule has 2 N–H and O–H groups in total. The average molecular weight is 348 g/mol. The van der Waals surface area contributed by atoms with Crippen molar-refractivity contribution in [3.63, 3.8) is 0 Å². The Labute approximate surface area is 146 Å². The number of carbonyl (C=O) groups excluding carboxylic acids is 1. The first-order valence-corrected chi connectivity index (χ1v) is 9.68. The second-order valence-corrected chi connectivity index (χ2v) is 6.91. The number of hydrogen-bond acceptors (Lipinski definition) is 5. The van der Waals surface area contributed by atoms with Crippen molar-refractivity contribution in [3.05, 3.63) is 30.1 Å². The van der Waals surface area contributed by atoms with Gasteiger partial charge in [-0.2, -0.15) is 11.8 Å². The lowest BCUT2D eigenvalue weighted by molar-refractivity contribution is -0.124. The highest BCUT2D eigenvalue weighted by Crippen LogP contribution is 2.20. The van der Waals surface area contributed by atoms with Gasteiger partial charge in [-0.05, 0) is 30.6 Å². The first-order chi connectivity index (χ1) is 11.8. The molecule has 1 fully saturated rings. The van der Waals surface area contributed by atoms with Gasteiger partial charge in [0.15, 0.2) is 0 Å². The minimum Gasteiger partial charge on any atom is -0.379 e. The van der Waals surface area contributed by atoms with Gasteiger partial charge in [0.1, 0.15) is 5.82 Å². The number of thioether (sulfide) groups is 1. The zero-order valence-electron chi connectivity index (χ0n) is 14.0. The van der Waals surface area contributed by atoms with Crippen LogP contribution in [0, 0.1) is 0 Å². The molecule has 1 aromatic carbocycles. The summed E-state index contributed by atoms with van der Waals surface area (Å²) in [5.41, 5.74) is 1.94. The second-order valence-electron chi connectivity index (χ2n) is 5.93. The van der Waals surface area contributed by atoms with Gasteiger partial charge in [0.05, 0.1) is 36.8 Å². The normalized spacial score (nSPS) is 17.0. The Bertz CT molecular complexity index is 636. The molecule has 130 valence electrons. The van der Waals surface area contributed by atoms with E-state index in [4.69, 9.17) is 4.74 Å². The molecule has 0 radical (unpaired) electrons. The molecule has 0 unspecified atom stereocenters. The summed E-state index contributed by atoms with van der Waals surface area (Å²) in [4.78, 5) is 22.6. The number of fused-ring (bicyclic) bond motifs is 1. The number of H-pyrrole nitrogens is 1. The van der Waals surface area contributed by atoms with Gasteiger partial charge >= 0.3 is 0 Å². The van der Waals surface area contributed by atoms with Crippen LogP contribution in [0.4, 0.5) is 0 Å². The maximum Gasteiger partial charge on any atom is 0.234 e. The lowest BCUT2D eigenvalue weighted by Crippen LogP contribution is -2.44. The number of nitrogens with zero attached hydrogens (tertiary/aromatic N) is 2. The molecule has 1 aromatic heterocycles. The lowest BCUT2D eigenvalue weighted by Gasteiger charge is -2.26. The fraction of sp³-hybridized carbons (Fsp3) is 0.529. The van der Waals surface area contributed by atoms with Crippen LogP contribution in [-0.2, 0) is 9.53 Å². The summed E-state index contributed by atoms with van der Waals surface area (Å²) in [6, 6.07) is 7.86. The smallest absolute Gasteiger partial charge is 0.234 e. The Morgan fingerprint density at radius 1 is 1.42 bits per heavy atom. The lowest BCUT2D eigenvalue weighted by atomic mass is 10.2. The number of para-hydroxylation sites is 2. The van der Waals surface area contributed by atoms with Crippen LogP contribution in [0.25, 0.3) is 11.0 Å². The van der Waals surface area contributed by atoms with Crippen LogP contribution in [0.15, 0.2) is 24.3 Å². The number of aromatic nitrogens is 2. The van der Waals surface area contributed by atoms with Crippen molar-refractivity contribution in [2.75, 3.05) is 44.9 Å². The predicted octanol–water partition coefficient (Wildman–Crippen LogP) is 1.81. The number of amides is 1. The van der Waals surface area contributed by atoms with Crippen LogP contribution in [-0.4, -0.2) is 65.6 Å². The molecule has 0 aliphatic carbocycles. The maximum atomic E-state index is 12.4. The Morgan fingerprint density at radius 3 is 2.96 bits per heavy atom. The fourth-order valence-electron chi connectivity index (χ4n) is 2.85. The molecule has 6 nitrogen and oxygen atoms in total. The first kappa shape index (κ1) is 17.3. The van der Waals surface area contributed by atoms with Gasteiger partial charge in [0, 0.05) is 13.1 Å². The van der Waals surface area contributed by atoms with Crippen molar-refractivity contribution < 1.29 is 9.53 Å². The van der Waals surface area contributed by atoms with Gasteiger partial charge in [0.2, 0.25) is 5.91 Å². The first-order valence-electron chi connectivity index (χ1n) is 8.29. The fourth-order valence-corrected chi connectivity index (χ4v) is 3.32. The molecule has 2 aromatic rings. The molecular formula is C17H24N4O2S. The van der Waals surface area contributed by atoms with Gasteiger partial charge in [-0.25, -0.2) is 4.98 Å². The van der Waals surface area contributed by atoms with Crippen LogP contribution in [0.3, 0.4) is 0 Å². The van der Waals surface area contributed by atoms with Crippen molar-refractivity contribution in [2.45, 2.75) is 12.5 Å². The van der Waals surface area contributed by atoms with E-state index in [9.17, 15) is 4.79 Å². The van der Waals surface area contributed by atoms with E-state index < -0.39 is 0 Å². The molecule has 0 saturated carbocycles. The van der Waals surface area contributed by atoms with Gasteiger partial charge in [-0.15, -0.1) is 0 Å². The molecule has 1 amide bonds. The molecule has 1 atom stereocenters. The summed E-state index contributed by atoms with van der Waals surface area (Å²) in [7, 11) is 0. The van der Waals surface area contributed by atoms with Crippen LogP contribution < -0.4 is 5.32 Å². The highest BCUT2D eigenvalue weighted by atomic mass is 32.2. The van der Waals surface area contributed by atoms with E-state index in [-0.39, 0.29) is 11.9 Å². The number of hydrogen-bond donors (Lipinski definition) is 2. The number of aromatic amines is 1. The standard InChI is InChI=1S/C17H24N4O2S/c1-24-11-6-15(17-19-13-4-2-3-5-14(13)20-17)18-16(22)12-21-7-9-23-10-8-21/h2-5,15H,6-12H2,1H3,(H,18,22)(H,19,20)/t15-/m0/s1. The number of nitrogens with one attached hydrogen (secondary N) is 2. The molecule has 1 aliphatic heterocycles. The second kappa shape index (κ2) is 8.50. The molecule has 2 heterocycles. The molecule has 0 spiro atoms. The number of benzene rings is 1. The summed E-state index contributed by atoms with van der Waals surface area (Å²) >= 11 is 1.77. The van der Waals surface area contributed by atoms with Crippen molar-refractivity contribution >= 4 is 28.7 Å². The van der Waals surface area contributed by atoms with E-state index in [1.807, 2.05) is 24.3 Å². The highest BCUT2D eigenvalue weighted by molar-refractivity contribution is 7.98. The Balaban J connectivity index is 1.67. The largest absolute Gasteiger partial charge is 0.379 e. The third-order valence-corrected chi connectivity index (χ3v) is 4.80. The number of carbonyl (C=O) groups is 1. The van der Waals surface area contributed by atoms with Crippen molar-refractivity contribution in [1.29, 1.82) is 0 Å². The molecule has 0 bridgehead atoms. The van der Waals surface area contributed by atoms with Crippen LogP contribution in [0.1, 0.15) is 18.3 Å². The van der Waals surface area contributed by atoms with Crippen LogP contribution in [0.5, 0.6) is 0 Å². The van der Waals surface area contributed by atoms with E-state index in [0.717, 1.165) is 42.1 Å². The molecule has 1 saturated heterocycles. The zero-order chi connectivity index (χ0) is 16.8. The zero-order valence-corrected chi connectivity index (χ0v) is 14.8. The number of imidazole rings is 1. The topological polar surface area (TPSA) is 70.2 Å². The van der Waals surface area contributed by atoms with Crippen LogP contribution in [0.2, 0.25) is 0 Å². The number of morpholine rings is 1. The number of ether oxygens (including phenoxy) is 1. The Kier molecular flexibility index (Phi) is 6.12. The maximum absolute atomic E-state index is 12.4. The molecule has 1 aliphatic rings. The molecule has 7 heteroatoms. The van der Waals surface area contributed by atoms with Crippen molar-refractivity contribution in [3.8, 4) is 0 Å². The van der Waals surface area contributed by atoms with Gasteiger partial charge in [0.25, 0.3) is 0 Å². The van der Waals surface area contributed by atoms with E-state index >= 15 is 0 Å². The van der Waals surface area contributed by atoms with E-state index in [1.54, 1.807) is 11.8 Å². The summed E-state index contributed by atoms with van der Waals surface area (Å²) in [6.45, 7) is 3.44. The van der Waals surface area contributed by atoms with E-state index in [1.165, 1.54) is 0 Å². The Hall–Kier alpha value is -1.57. The molecule has 24 heavy (non-hydrogen) atoms. The molecule has 3 rings (SSSR count). The highest BCUT2D eigenvalue weighted by Gasteiger charge is 2.20. The minimum atomic E-state index is -0.0848.